The topological polar surface area (TPSA) is 49.0 Å². The Morgan fingerprint density at radius 2 is 1.18 bits per heavy atom. The molecular weight excluding hydrogens is 929 g/mol. The summed E-state index contributed by atoms with van der Waals surface area (Å²) in [7, 11) is 0. The Balaban J connectivity index is 1.05. The van der Waals surface area contributed by atoms with E-state index in [1.807, 2.05) is 97.2 Å². The summed E-state index contributed by atoms with van der Waals surface area (Å²) in [6.45, 7) is 6.49. The van der Waals surface area contributed by atoms with Crippen LogP contribution in [-0.2, 0) is 5.41 Å². The van der Waals surface area contributed by atoms with Crippen molar-refractivity contribution in [1.29, 1.82) is 0 Å². The van der Waals surface area contributed by atoms with Gasteiger partial charge >= 0.3 is 0 Å². The van der Waals surface area contributed by atoms with E-state index in [1.54, 1.807) is 45.5 Å². The third kappa shape index (κ3) is 6.95. The van der Waals surface area contributed by atoms with E-state index in [9.17, 15) is 12.3 Å². The van der Waals surface area contributed by atoms with Crippen LogP contribution >= 0.6 is 0 Å². The van der Waals surface area contributed by atoms with Crippen molar-refractivity contribution in [1.82, 2.24) is 14.1 Å². The minimum Gasteiger partial charge on any atom is -0.458 e. The maximum Gasteiger partial charge on any atom is 0.269 e. The van der Waals surface area contributed by atoms with E-state index in [-0.39, 0.29) is 61.0 Å². The van der Waals surface area contributed by atoms with Gasteiger partial charge in [0.2, 0.25) is 0 Å². The molecule has 0 radical (unpaired) electrons. The molecule has 0 fully saturated rings. The third-order valence-corrected chi connectivity index (χ3v) is 14.5. The Morgan fingerprint density at radius 1 is 0.500 bits per heavy atom. The van der Waals surface area contributed by atoms with Crippen LogP contribution in [-0.4, -0.2) is 14.1 Å². The van der Waals surface area contributed by atoms with Gasteiger partial charge in [0.1, 0.15) is 28.5 Å². The van der Waals surface area contributed by atoms with Crippen LogP contribution in [0.5, 0.6) is 11.5 Å². The Morgan fingerprint density at radius 3 is 2.00 bits per heavy atom. The molecule has 6 heteroatoms. The molecule has 360 valence electrons. The quantitative estimate of drug-likeness (QED) is 0.123. The SMILES string of the molecule is [2H]c1c([2H])c([2H])c(-c2cc3c4c(c2)n(-c2cccc(Oc5ccc6c7ccccc7n(-c7cc(C(C)(C)C)ccn7)c6c5)c2)[c-][n+]4-c2c(-c4ccc5oc6ccccc6c5c4)cccc2-c2c([2H])c([2H])c([2H])c([2H])c2-c2c([2H])c([2H])c([2H])c([2H])c2-3)c([2H])c1[2H]. The van der Waals surface area contributed by atoms with Gasteiger partial charge in [-0.25, -0.2) is 4.98 Å². The molecule has 10 aromatic carbocycles. The molecule has 76 heavy (non-hydrogen) atoms. The second-order valence-electron chi connectivity index (χ2n) is 20.0. The zero-order valence-electron chi connectivity index (χ0n) is 54.1. The van der Waals surface area contributed by atoms with Crippen molar-refractivity contribution in [2.75, 3.05) is 0 Å². The van der Waals surface area contributed by atoms with Gasteiger partial charge < -0.3 is 9.15 Å². The Hall–Kier alpha value is -9.78. The highest BCUT2D eigenvalue weighted by molar-refractivity contribution is 6.10. The van der Waals surface area contributed by atoms with Crippen molar-refractivity contribution >= 4 is 54.8 Å². The molecule has 0 saturated heterocycles. The molecule has 0 atom stereocenters. The van der Waals surface area contributed by atoms with Gasteiger partial charge in [0.15, 0.2) is 0 Å². The van der Waals surface area contributed by atoms with Gasteiger partial charge in [-0.2, -0.15) is 0 Å². The smallest absolute Gasteiger partial charge is 0.269 e. The summed E-state index contributed by atoms with van der Waals surface area (Å²) in [6, 6.07) is 39.7. The standard InChI is InChI=1S/C70H48N4O2/c1-70(2,3)47-35-36-71-67(40-47)74-62-29-13-11-25-56(62)57-33-32-50(42-63(57)74)75-49-20-15-19-48(41-49)72-43-73-68-51(45-31-34-66-60(37-45)58-26-12-14-30-65(58)76-66)27-16-28-59(68)54-23-9-7-21-52(54)53-22-8-10-24-55(53)61-38-46(39-64(72)69(61)73)44-17-5-4-6-18-44/h4-42H,1-3H3/i4D,5D,6D,7D,8D,9D,10D,17D,18D,21D,22D,23D,24D. The predicted molar refractivity (Wildman–Crippen MR) is 309 cm³/mol. The van der Waals surface area contributed by atoms with E-state index >= 15 is 0 Å². The molecule has 0 N–H and O–H groups in total. The van der Waals surface area contributed by atoms with Crippen LogP contribution in [0.4, 0.5) is 0 Å². The van der Waals surface area contributed by atoms with Gasteiger partial charge in [0, 0.05) is 33.8 Å². The molecule has 0 unspecified atom stereocenters. The number of ether oxygens (including phenoxy) is 1. The molecule has 1 aliphatic rings. The Bertz CT molecular complexity index is 5440. The molecule has 15 rings (SSSR count). The number of nitrogens with zero attached hydrogens (tertiary/aromatic N) is 4. The number of pyridine rings is 1. The predicted octanol–water partition coefficient (Wildman–Crippen LogP) is 17.8. The van der Waals surface area contributed by atoms with Crippen LogP contribution in [0.3, 0.4) is 0 Å². The number of benzene rings is 10. The van der Waals surface area contributed by atoms with Crippen molar-refractivity contribution in [2.45, 2.75) is 26.2 Å². The molecule has 14 aromatic rings. The largest absolute Gasteiger partial charge is 0.458 e. The third-order valence-electron chi connectivity index (χ3n) is 14.5. The maximum atomic E-state index is 9.92. The number of furan rings is 1. The number of aromatic nitrogens is 4. The van der Waals surface area contributed by atoms with Gasteiger partial charge in [0.05, 0.1) is 51.3 Å². The summed E-state index contributed by atoms with van der Waals surface area (Å²) in [6.07, 6.45) is 5.46. The summed E-state index contributed by atoms with van der Waals surface area (Å²) < 4.78 is 140. The highest BCUT2D eigenvalue weighted by Gasteiger charge is 2.28. The van der Waals surface area contributed by atoms with Gasteiger partial charge in [-0.1, -0.05) is 172 Å². The van der Waals surface area contributed by atoms with Crippen LogP contribution in [0.15, 0.2) is 241 Å². The number of hydrogen-bond donors (Lipinski definition) is 0. The Kier molecular flexibility index (Phi) is 7.20. The zero-order valence-corrected chi connectivity index (χ0v) is 41.1. The van der Waals surface area contributed by atoms with Crippen LogP contribution in [0.25, 0.3) is 128 Å². The van der Waals surface area contributed by atoms with Crippen LogP contribution in [0.2, 0.25) is 0 Å². The molecule has 0 spiro atoms. The molecule has 0 aliphatic carbocycles. The molecule has 0 amide bonds. The van der Waals surface area contributed by atoms with Crippen molar-refractivity contribution in [3.63, 3.8) is 0 Å². The van der Waals surface area contributed by atoms with Gasteiger partial charge in [0.25, 0.3) is 6.33 Å². The van der Waals surface area contributed by atoms with E-state index in [2.05, 4.69) is 49.9 Å². The van der Waals surface area contributed by atoms with E-state index in [1.165, 1.54) is 6.07 Å². The lowest BCUT2D eigenvalue weighted by molar-refractivity contribution is -0.570. The highest BCUT2D eigenvalue weighted by atomic mass is 16.5. The number of hydrogen-bond acceptors (Lipinski definition) is 3. The average Bonchev–Trinajstić information content (AvgIpc) is 1.63. The fourth-order valence-corrected chi connectivity index (χ4v) is 10.9. The summed E-state index contributed by atoms with van der Waals surface area (Å²) in [5.74, 6) is 1.65. The Labute approximate surface area is 457 Å². The second kappa shape index (κ2) is 16.9. The van der Waals surface area contributed by atoms with E-state index in [4.69, 9.17) is 19.6 Å². The summed E-state index contributed by atoms with van der Waals surface area (Å²) >= 11 is 0. The fraction of sp³-hybridized carbons (Fsp3) is 0.0571. The lowest BCUT2D eigenvalue weighted by atomic mass is 9.87. The fourth-order valence-electron chi connectivity index (χ4n) is 10.9. The van der Waals surface area contributed by atoms with Gasteiger partial charge in [-0.3, -0.25) is 13.7 Å². The van der Waals surface area contributed by atoms with E-state index in [0.29, 0.717) is 45.2 Å². The van der Waals surface area contributed by atoms with Crippen LogP contribution < -0.4 is 9.30 Å². The van der Waals surface area contributed by atoms with Crippen LogP contribution in [0.1, 0.15) is 44.2 Å². The monoisotopic (exact) mass is 989 g/mol. The molecule has 5 heterocycles. The first-order valence-electron chi connectivity index (χ1n) is 31.4. The number of fused-ring (bicyclic) bond motifs is 13. The summed E-state index contributed by atoms with van der Waals surface area (Å²) in [4.78, 5) is 4.87. The maximum absolute atomic E-state index is 9.92. The van der Waals surface area contributed by atoms with Crippen molar-refractivity contribution in [3.05, 3.63) is 248 Å². The van der Waals surface area contributed by atoms with Gasteiger partial charge in [-0.15, -0.1) is 0 Å². The first kappa shape index (κ1) is 32.4. The second-order valence-corrected chi connectivity index (χ2v) is 20.0. The normalized spacial score (nSPS) is 14.5. The zero-order chi connectivity index (χ0) is 62.0. The minimum atomic E-state index is -0.667. The first-order valence-corrected chi connectivity index (χ1v) is 24.9. The number of para-hydroxylation sites is 3. The van der Waals surface area contributed by atoms with Crippen molar-refractivity contribution < 1.29 is 31.5 Å². The molecule has 6 nitrogen and oxygen atoms in total. The molecule has 0 saturated carbocycles. The van der Waals surface area contributed by atoms with Crippen molar-refractivity contribution in [3.8, 4) is 84.3 Å². The summed E-state index contributed by atoms with van der Waals surface area (Å²) in [5.41, 5.74) is 6.13. The number of rotatable bonds is 6. The van der Waals surface area contributed by atoms with Gasteiger partial charge in [-0.05, 0) is 139 Å². The average molecular weight is 990 g/mol. The minimum absolute atomic E-state index is 0.0569. The molecular formula is C70H48N4O2. The van der Waals surface area contributed by atoms with E-state index < -0.39 is 78.6 Å². The lowest BCUT2D eigenvalue weighted by Gasteiger charge is -2.20. The molecule has 4 aromatic heterocycles. The number of imidazole rings is 1. The highest BCUT2D eigenvalue weighted by Crippen LogP contribution is 2.47. The molecule has 0 bridgehead atoms. The summed E-state index contributed by atoms with van der Waals surface area (Å²) in [5, 5.41) is 3.67. The lowest BCUT2D eigenvalue weighted by Crippen LogP contribution is -2.32. The molecule has 1 aliphatic heterocycles. The van der Waals surface area contributed by atoms with Crippen LogP contribution in [0, 0.1) is 6.33 Å². The first-order chi connectivity index (χ1) is 42.7. The van der Waals surface area contributed by atoms with E-state index in [0.717, 1.165) is 44.0 Å². The van der Waals surface area contributed by atoms with Crippen molar-refractivity contribution in [2.24, 2.45) is 0 Å².